The average molecular weight is 458 g/mol. The van der Waals surface area contributed by atoms with Crippen molar-refractivity contribution in [3.63, 3.8) is 0 Å². The summed E-state index contributed by atoms with van der Waals surface area (Å²) in [5.74, 6) is -0.387. The quantitative estimate of drug-likeness (QED) is 0.690. The fourth-order valence-electron chi connectivity index (χ4n) is 3.39. The van der Waals surface area contributed by atoms with Crippen LogP contribution in [0.1, 0.15) is 48.1 Å². The smallest absolute Gasteiger partial charge is 0.253 e. The molecule has 1 unspecified atom stereocenters. The van der Waals surface area contributed by atoms with Crippen molar-refractivity contribution >= 4 is 39.3 Å². The lowest BCUT2D eigenvalue weighted by molar-refractivity contribution is -0.120. The zero-order valence-corrected chi connectivity index (χ0v) is 17.9. The predicted octanol–water partition coefficient (Wildman–Crippen LogP) is 3.89. The highest BCUT2D eigenvalue weighted by molar-refractivity contribution is 9.10. The van der Waals surface area contributed by atoms with Gasteiger partial charge in [-0.1, -0.05) is 28.1 Å². The molecular weight excluding hydrogens is 434 g/mol. The number of hydrogen-bond donors (Lipinski definition) is 2. The van der Waals surface area contributed by atoms with Crippen molar-refractivity contribution < 1.29 is 14.4 Å². The van der Waals surface area contributed by atoms with E-state index in [2.05, 4.69) is 26.6 Å². The molecule has 3 rings (SSSR count). The highest BCUT2D eigenvalue weighted by Gasteiger charge is 2.20. The molecule has 2 N–H and O–H groups in total. The summed E-state index contributed by atoms with van der Waals surface area (Å²) in [6.45, 7) is 3.04. The van der Waals surface area contributed by atoms with Crippen LogP contribution in [0.5, 0.6) is 0 Å². The third-order valence-corrected chi connectivity index (χ3v) is 5.38. The molecule has 1 saturated heterocycles. The molecule has 0 aliphatic carbocycles. The number of amides is 3. The minimum Gasteiger partial charge on any atom is -0.349 e. The Morgan fingerprint density at radius 1 is 1.00 bits per heavy atom. The van der Waals surface area contributed by atoms with Gasteiger partial charge in [-0.15, -0.1) is 0 Å². The molecule has 29 heavy (non-hydrogen) atoms. The Balaban J connectivity index is 1.62. The maximum Gasteiger partial charge on any atom is 0.253 e. The Hall–Kier alpha value is -2.67. The molecule has 152 valence electrons. The van der Waals surface area contributed by atoms with E-state index in [1.54, 1.807) is 24.3 Å². The van der Waals surface area contributed by atoms with Crippen LogP contribution in [0, 0.1) is 0 Å². The Labute approximate surface area is 178 Å². The number of benzene rings is 2. The van der Waals surface area contributed by atoms with Gasteiger partial charge < -0.3 is 15.5 Å². The van der Waals surface area contributed by atoms with Crippen LogP contribution in [0.2, 0.25) is 0 Å². The van der Waals surface area contributed by atoms with Crippen LogP contribution in [0.3, 0.4) is 0 Å². The predicted molar refractivity (Wildman–Crippen MR) is 116 cm³/mol. The number of halogens is 1. The van der Waals surface area contributed by atoms with Gasteiger partial charge in [0, 0.05) is 35.7 Å². The van der Waals surface area contributed by atoms with E-state index < -0.39 is 6.04 Å². The van der Waals surface area contributed by atoms with Crippen LogP contribution >= 0.6 is 15.9 Å². The lowest BCUT2D eigenvalue weighted by Gasteiger charge is -2.18. The van der Waals surface area contributed by atoms with Gasteiger partial charge in [0.2, 0.25) is 11.8 Å². The first-order valence-electron chi connectivity index (χ1n) is 9.64. The molecule has 0 saturated carbocycles. The average Bonchev–Trinajstić information content (AvgIpc) is 3.22. The van der Waals surface area contributed by atoms with Gasteiger partial charge in [-0.25, -0.2) is 0 Å². The second-order valence-corrected chi connectivity index (χ2v) is 8.05. The number of nitrogens with zero attached hydrogens (tertiary/aromatic N) is 1. The third kappa shape index (κ3) is 5.90. The molecule has 0 bridgehead atoms. The zero-order valence-electron chi connectivity index (χ0n) is 16.3. The molecule has 1 fully saturated rings. The van der Waals surface area contributed by atoms with Gasteiger partial charge in [0.15, 0.2) is 0 Å². The molecule has 6 nitrogen and oxygen atoms in total. The summed E-state index contributed by atoms with van der Waals surface area (Å²) in [4.78, 5) is 38.3. The van der Waals surface area contributed by atoms with E-state index in [1.165, 1.54) is 6.92 Å². The van der Waals surface area contributed by atoms with E-state index in [0.717, 1.165) is 36.0 Å². The Kier molecular flexibility index (Phi) is 7.04. The molecule has 1 atom stereocenters. The molecule has 1 aliphatic heterocycles. The minimum absolute atomic E-state index is 0.0290. The van der Waals surface area contributed by atoms with E-state index in [4.69, 9.17) is 0 Å². The summed E-state index contributed by atoms with van der Waals surface area (Å²) >= 11 is 3.38. The number of hydrogen-bond acceptors (Lipinski definition) is 3. The molecule has 1 aliphatic rings. The van der Waals surface area contributed by atoms with Crippen molar-refractivity contribution in [2.75, 3.05) is 18.4 Å². The molecule has 2 aromatic rings. The highest BCUT2D eigenvalue weighted by atomic mass is 79.9. The standard InChI is InChI=1S/C22H24BrN3O3/c1-15(27)24-20(16-4-8-18(23)9-5-16)14-21(28)25-19-10-6-17(7-11-19)22(29)26-12-2-3-13-26/h4-11,20H,2-3,12-14H2,1H3,(H,24,27)(H,25,28). The SMILES string of the molecule is CC(=O)NC(CC(=O)Nc1ccc(C(=O)N2CCCC2)cc1)c1ccc(Br)cc1. The number of anilines is 1. The topological polar surface area (TPSA) is 78.5 Å². The first kappa shape index (κ1) is 21.0. The van der Waals surface area contributed by atoms with Crippen LogP contribution in [0.4, 0.5) is 5.69 Å². The van der Waals surface area contributed by atoms with Crippen LogP contribution in [-0.2, 0) is 9.59 Å². The van der Waals surface area contributed by atoms with E-state index in [1.807, 2.05) is 29.2 Å². The Morgan fingerprint density at radius 3 is 2.21 bits per heavy atom. The van der Waals surface area contributed by atoms with Gasteiger partial charge in [0.25, 0.3) is 5.91 Å². The molecule has 3 amide bonds. The second kappa shape index (κ2) is 9.69. The molecule has 2 aromatic carbocycles. The summed E-state index contributed by atoms with van der Waals surface area (Å²) in [6, 6.07) is 14.0. The first-order valence-corrected chi connectivity index (χ1v) is 10.4. The molecule has 7 heteroatoms. The number of nitrogens with one attached hydrogen (secondary N) is 2. The molecule has 1 heterocycles. The van der Waals surface area contributed by atoms with Crippen molar-refractivity contribution in [3.05, 3.63) is 64.1 Å². The van der Waals surface area contributed by atoms with Crippen molar-refractivity contribution in [2.45, 2.75) is 32.2 Å². The number of rotatable bonds is 6. The fraction of sp³-hybridized carbons (Fsp3) is 0.318. The monoisotopic (exact) mass is 457 g/mol. The summed E-state index contributed by atoms with van der Waals surface area (Å²) in [5, 5.41) is 5.66. The Morgan fingerprint density at radius 2 is 1.62 bits per heavy atom. The minimum atomic E-state index is -0.420. The maximum atomic E-state index is 12.5. The van der Waals surface area contributed by atoms with Gasteiger partial charge in [0.05, 0.1) is 12.5 Å². The van der Waals surface area contributed by atoms with Crippen LogP contribution in [-0.4, -0.2) is 35.7 Å². The normalized spacial score (nSPS) is 14.3. The van der Waals surface area contributed by atoms with Crippen LogP contribution < -0.4 is 10.6 Å². The number of likely N-dealkylation sites (tertiary alicyclic amines) is 1. The van der Waals surface area contributed by atoms with E-state index >= 15 is 0 Å². The van der Waals surface area contributed by atoms with Gasteiger partial charge in [-0.05, 0) is 54.8 Å². The largest absolute Gasteiger partial charge is 0.349 e. The molecule has 0 radical (unpaired) electrons. The number of carbonyl (C=O) groups is 3. The Bertz CT molecular complexity index is 875. The second-order valence-electron chi connectivity index (χ2n) is 7.13. The summed E-state index contributed by atoms with van der Waals surface area (Å²) in [7, 11) is 0. The number of carbonyl (C=O) groups excluding carboxylic acids is 3. The van der Waals surface area contributed by atoms with Gasteiger partial charge in [-0.2, -0.15) is 0 Å². The third-order valence-electron chi connectivity index (χ3n) is 4.85. The molecular formula is C22H24BrN3O3. The first-order chi connectivity index (χ1) is 13.9. The maximum absolute atomic E-state index is 12.5. The van der Waals surface area contributed by atoms with Gasteiger partial charge in [0.1, 0.15) is 0 Å². The van der Waals surface area contributed by atoms with E-state index in [-0.39, 0.29) is 24.1 Å². The van der Waals surface area contributed by atoms with Crippen molar-refractivity contribution in [3.8, 4) is 0 Å². The van der Waals surface area contributed by atoms with Crippen LogP contribution in [0.15, 0.2) is 53.0 Å². The van der Waals surface area contributed by atoms with E-state index in [9.17, 15) is 14.4 Å². The van der Waals surface area contributed by atoms with Gasteiger partial charge in [-0.3, -0.25) is 14.4 Å². The molecule has 0 spiro atoms. The molecule has 0 aromatic heterocycles. The summed E-state index contributed by atoms with van der Waals surface area (Å²) < 4.78 is 0.927. The summed E-state index contributed by atoms with van der Waals surface area (Å²) in [6.07, 6.45) is 2.21. The lowest BCUT2D eigenvalue weighted by Crippen LogP contribution is -2.29. The van der Waals surface area contributed by atoms with Crippen molar-refractivity contribution in [1.29, 1.82) is 0 Å². The van der Waals surface area contributed by atoms with Gasteiger partial charge >= 0.3 is 0 Å². The van der Waals surface area contributed by atoms with E-state index in [0.29, 0.717) is 11.3 Å². The highest BCUT2D eigenvalue weighted by Crippen LogP contribution is 2.21. The zero-order chi connectivity index (χ0) is 20.8. The van der Waals surface area contributed by atoms with Crippen molar-refractivity contribution in [1.82, 2.24) is 10.2 Å². The van der Waals surface area contributed by atoms with Crippen molar-refractivity contribution in [2.24, 2.45) is 0 Å². The lowest BCUT2D eigenvalue weighted by atomic mass is 10.0. The summed E-state index contributed by atoms with van der Waals surface area (Å²) in [5.41, 5.74) is 2.09. The van der Waals surface area contributed by atoms with Crippen LogP contribution in [0.25, 0.3) is 0 Å². The fourth-order valence-corrected chi connectivity index (χ4v) is 3.65.